The summed E-state index contributed by atoms with van der Waals surface area (Å²) in [5.74, 6) is -4.37. The molecule has 3 heterocycles. The largest absolute Gasteiger partial charge is 0.497 e. The van der Waals surface area contributed by atoms with Crippen LogP contribution in [0.15, 0.2) is 48.8 Å². The van der Waals surface area contributed by atoms with Crippen LogP contribution in [-0.4, -0.2) is 80.9 Å². The van der Waals surface area contributed by atoms with Crippen molar-refractivity contribution >= 4 is 17.8 Å². The molecule has 0 radical (unpaired) electrons. The highest BCUT2D eigenvalue weighted by atomic mass is 19.4. The maximum atomic E-state index is 12.5. The first-order valence-corrected chi connectivity index (χ1v) is 11.3. The van der Waals surface area contributed by atoms with Crippen molar-refractivity contribution in [3.05, 3.63) is 59.9 Å². The predicted octanol–water partition coefficient (Wildman–Crippen LogP) is 3.73. The Bertz CT molecular complexity index is 1090. The number of methoxy groups -OCH3 is 1. The van der Waals surface area contributed by atoms with E-state index in [2.05, 4.69) is 26.9 Å². The van der Waals surface area contributed by atoms with Gasteiger partial charge in [0.15, 0.2) is 0 Å². The number of hydrogen-bond donors (Lipinski definition) is 2. The monoisotopic (exact) mass is 565 g/mol. The van der Waals surface area contributed by atoms with Gasteiger partial charge in [-0.25, -0.2) is 9.59 Å². The van der Waals surface area contributed by atoms with Crippen molar-refractivity contribution in [3.63, 3.8) is 0 Å². The lowest BCUT2D eigenvalue weighted by molar-refractivity contribution is -0.193. The highest BCUT2D eigenvalue weighted by Gasteiger charge is 2.46. The first kappa shape index (κ1) is 31.3. The summed E-state index contributed by atoms with van der Waals surface area (Å²) in [4.78, 5) is 38.9. The molecule has 2 fully saturated rings. The molecule has 2 aliphatic rings. The van der Waals surface area contributed by atoms with Crippen LogP contribution in [-0.2, 0) is 27.5 Å². The van der Waals surface area contributed by atoms with Crippen molar-refractivity contribution in [1.29, 1.82) is 0 Å². The Balaban J connectivity index is 0.000000317. The summed E-state index contributed by atoms with van der Waals surface area (Å²) >= 11 is 0. The number of hydrogen-bond acceptors (Lipinski definition) is 6. The Morgan fingerprint density at radius 3 is 1.85 bits per heavy atom. The van der Waals surface area contributed by atoms with E-state index >= 15 is 0 Å². The fourth-order valence-electron chi connectivity index (χ4n) is 4.06. The highest BCUT2D eigenvalue weighted by Crippen LogP contribution is 2.34. The summed E-state index contributed by atoms with van der Waals surface area (Å²) in [5, 5.41) is 14.2. The first-order valence-electron chi connectivity index (χ1n) is 11.3. The summed E-state index contributed by atoms with van der Waals surface area (Å²) in [6, 6.07) is 12.9. The van der Waals surface area contributed by atoms with Gasteiger partial charge in [0.1, 0.15) is 5.75 Å². The molecule has 2 aromatic rings. The number of halogens is 6. The van der Waals surface area contributed by atoms with E-state index in [1.165, 1.54) is 5.56 Å². The van der Waals surface area contributed by atoms with Gasteiger partial charge in [0.05, 0.1) is 7.11 Å². The summed E-state index contributed by atoms with van der Waals surface area (Å²) in [7, 11) is 1.68. The number of likely N-dealkylation sites (tertiary alicyclic amines) is 2. The number of carboxylic acid groups (broad SMARTS) is 2. The maximum absolute atomic E-state index is 12.5. The number of fused-ring (bicyclic) bond motifs is 1. The Hall–Kier alpha value is -3.88. The lowest BCUT2D eigenvalue weighted by Crippen LogP contribution is -2.36. The van der Waals surface area contributed by atoms with Crippen LogP contribution in [0, 0.1) is 0 Å². The molecule has 0 aliphatic carbocycles. The Kier molecular flexibility index (Phi) is 10.7. The zero-order valence-corrected chi connectivity index (χ0v) is 20.4. The molecule has 0 spiro atoms. The van der Waals surface area contributed by atoms with Gasteiger partial charge in [0.2, 0.25) is 5.91 Å². The molecule has 4 rings (SSSR count). The number of aromatic nitrogens is 1. The van der Waals surface area contributed by atoms with Crippen LogP contribution in [0.1, 0.15) is 24.0 Å². The minimum atomic E-state index is -5.08. The quantitative estimate of drug-likeness (QED) is 0.527. The molecule has 9 nitrogen and oxygen atoms in total. The van der Waals surface area contributed by atoms with E-state index in [9.17, 15) is 31.1 Å². The minimum Gasteiger partial charge on any atom is -0.497 e. The number of amides is 1. The molecule has 0 unspecified atom stereocenters. The molecular weight excluding hydrogens is 540 g/mol. The highest BCUT2D eigenvalue weighted by molar-refractivity contribution is 5.80. The van der Waals surface area contributed by atoms with Crippen molar-refractivity contribution in [1.82, 2.24) is 14.8 Å². The lowest BCUT2D eigenvalue weighted by Gasteiger charge is -2.25. The Labute approximate surface area is 218 Å². The van der Waals surface area contributed by atoms with Crippen LogP contribution in [0.4, 0.5) is 26.3 Å². The number of nitrogens with zero attached hydrogens (tertiary/aromatic N) is 3. The molecule has 1 aromatic carbocycles. The van der Waals surface area contributed by atoms with Crippen LogP contribution >= 0.6 is 0 Å². The number of benzene rings is 1. The second kappa shape index (κ2) is 13.3. The number of carboxylic acids is 2. The normalized spacial score (nSPS) is 18.8. The third-order valence-electron chi connectivity index (χ3n) is 5.86. The van der Waals surface area contributed by atoms with Crippen LogP contribution in [0.2, 0.25) is 0 Å². The van der Waals surface area contributed by atoms with Crippen LogP contribution in [0.5, 0.6) is 5.75 Å². The van der Waals surface area contributed by atoms with Gasteiger partial charge in [-0.15, -0.1) is 0 Å². The van der Waals surface area contributed by atoms with Gasteiger partial charge in [-0.3, -0.25) is 14.7 Å². The minimum absolute atomic E-state index is 0.270. The van der Waals surface area contributed by atoms with Crippen molar-refractivity contribution < 1.29 is 55.7 Å². The standard InChI is InChI=1S/C20H23N3O2.2C2HF3O2/c1-25-17-4-2-15(3-5-17)13-22-11-8-18-19(22)12-20(24)23(18)14-16-6-9-21-10-7-16;2*3-2(4,5)1(6)7/h2-7,9-10,18-19H,8,11-14H2,1H3;2*(H,6,7)/t18-,19+;;/m0../s1. The van der Waals surface area contributed by atoms with Crippen molar-refractivity contribution in [2.75, 3.05) is 13.7 Å². The fraction of sp³-hybridized carbons (Fsp3) is 0.417. The topological polar surface area (TPSA) is 120 Å². The second-order valence-electron chi connectivity index (χ2n) is 8.43. The van der Waals surface area contributed by atoms with E-state index in [0.717, 1.165) is 30.8 Å². The first-order chi connectivity index (χ1) is 18.1. The van der Waals surface area contributed by atoms with E-state index in [4.69, 9.17) is 24.5 Å². The average molecular weight is 565 g/mol. The molecule has 39 heavy (non-hydrogen) atoms. The molecule has 15 heteroatoms. The van der Waals surface area contributed by atoms with E-state index < -0.39 is 24.3 Å². The molecular formula is C24H25F6N3O6. The fourth-order valence-corrected chi connectivity index (χ4v) is 4.06. The Morgan fingerprint density at radius 1 is 0.897 bits per heavy atom. The number of ether oxygens (including phenoxy) is 1. The summed E-state index contributed by atoms with van der Waals surface area (Å²) in [6.07, 6.45) is -4.90. The number of carbonyl (C=O) groups is 3. The molecule has 2 atom stereocenters. The smallest absolute Gasteiger partial charge is 0.490 e. The number of carbonyl (C=O) groups excluding carboxylic acids is 1. The number of rotatable bonds is 5. The molecule has 1 aromatic heterocycles. The van der Waals surface area contributed by atoms with Crippen LogP contribution < -0.4 is 4.74 Å². The SMILES string of the molecule is COc1ccc(CN2CC[C@H]3[C@H]2CC(=O)N3Cc2ccncc2)cc1.O=C(O)C(F)(F)F.O=C(O)C(F)(F)F. The van der Waals surface area contributed by atoms with Gasteiger partial charge in [-0.2, -0.15) is 26.3 Å². The molecule has 1 amide bonds. The molecule has 214 valence electrons. The molecule has 2 N–H and O–H groups in total. The maximum Gasteiger partial charge on any atom is 0.490 e. The predicted molar refractivity (Wildman–Crippen MR) is 122 cm³/mol. The number of aliphatic carboxylic acids is 2. The zero-order valence-electron chi connectivity index (χ0n) is 20.4. The van der Waals surface area contributed by atoms with Crippen molar-refractivity contribution in [3.8, 4) is 5.75 Å². The lowest BCUT2D eigenvalue weighted by atomic mass is 10.1. The third kappa shape index (κ3) is 9.42. The zero-order chi connectivity index (χ0) is 29.4. The van der Waals surface area contributed by atoms with Crippen molar-refractivity contribution in [2.24, 2.45) is 0 Å². The van der Waals surface area contributed by atoms with Gasteiger partial charge < -0.3 is 19.8 Å². The van der Waals surface area contributed by atoms with E-state index in [0.29, 0.717) is 25.0 Å². The number of pyridine rings is 1. The van der Waals surface area contributed by atoms with Gasteiger partial charge in [0, 0.05) is 50.5 Å². The second-order valence-corrected chi connectivity index (χ2v) is 8.43. The van der Waals surface area contributed by atoms with Gasteiger partial charge in [-0.05, 0) is 41.8 Å². The summed E-state index contributed by atoms with van der Waals surface area (Å²) < 4.78 is 68.7. The van der Waals surface area contributed by atoms with E-state index in [1.807, 2.05) is 24.3 Å². The van der Waals surface area contributed by atoms with Gasteiger partial charge in [-0.1, -0.05) is 12.1 Å². The molecule has 2 aliphatic heterocycles. The summed E-state index contributed by atoms with van der Waals surface area (Å²) in [6.45, 7) is 2.63. The van der Waals surface area contributed by atoms with Crippen LogP contribution in [0.3, 0.4) is 0 Å². The molecule has 0 saturated carbocycles. The van der Waals surface area contributed by atoms with Crippen molar-refractivity contribution in [2.45, 2.75) is 50.4 Å². The van der Waals surface area contributed by atoms with Gasteiger partial charge in [0.25, 0.3) is 0 Å². The summed E-state index contributed by atoms with van der Waals surface area (Å²) in [5.41, 5.74) is 2.42. The average Bonchev–Trinajstić information content (AvgIpc) is 3.38. The third-order valence-corrected chi connectivity index (χ3v) is 5.86. The molecule has 0 bridgehead atoms. The van der Waals surface area contributed by atoms with E-state index in [1.54, 1.807) is 19.5 Å². The van der Waals surface area contributed by atoms with E-state index in [-0.39, 0.29) is 5.91 Å². The van der Waals surface area contributed by atoms with Crippen LogP contribution in [0.25, 0.3) is 0 Å². The molecule has 2 saturated heterocycles. The van der Waals surface area contributed by atoms with Gasteiger partial charge >= 0.3 is 24.3 Å². The Morgan fingerprint density at radius 2 is 1.38 bits per heavy atom. The number of alkyl halides is 6.